The van der Waals surface area contributed by atoms with Crippen molar-refractivity contribution in [3.05, 3.63) is 35.6 Å². The molecule has 2 atom stereocenters. The van der Waals surface area contributed by atoms with Crippen LogP contribution >= 0.6 is 0 Å². The fraction of sp³-hybridized carbons (Fsp3) is 0.562. The summed E-state index contributed by atoms with van der Waals surface area (Å²) in [4.78, 5) is 13.7. The Morgan fingerprint density at radius 1 is 1.48 bits per heavy atom. The summed E-state index contributed by atoms with van der Waals surface area (Å²) in [6.45, 7) is 2.76. The Kier molecular flexibility index (Phi) is 5.70. The minimum absolute atomic E-state index is 0.209. The van der Waals surface area contributed by atoms with Crippen molar-refractivity contribution in [1.82, 2.24) is 4.90 Å². The standard InChI is InChI=1S/C16H23FN2O2/c1-21-16(20)15(18)9-13-3-2-8-19(11-13)10-12-4-6-14(17)7-5-12/h4-7,13,15H,2-3,8-11,18H2,1H3. The smallest absolute Gasteiger partial charge is 0.322 e. The number of benzene rings is 1. The van der Waals surface area contributed by atoms with Crippen molar-refractivity contribution < 1.29 is 13.9 Å². The molecule has 1 aromatic carbocycles. The van der Waals surface area contributed by atoms with Gasteiger partial charge in [-0.25, -0.2) is 4.39 Å². The highest BCUT2D eigenvalue weighted by molar-refractivity contribution is 5.75. The van der Waals surface area contributed by atoms with E-state index in [4.69, 9.17) is 5.73 Å². The van der Waals surface area contributed by atoms with Crippen LogP contribution in [0.25, 0.3) is 0 Å². The lowest BCUT2D eigenvalue weighted by Gasteiger charge is -2.33. The molecule has 1 saturated heterocycles. The van der Waals surface area contributed by atoms with Gasteiger partial charge < -0.3 is 10.5 Å². The Hall–Kier alpha value is -1.46. The number of nitrogens with zero attached hydrogens (tertiary/aromatic N) is 1. The van der Waals surface area contributed by atoms with E-state index in [0.717, 1.165) is 38.0 Å². The van der Waals surface area contributed by atoms with E-state index >= 15 is 0 Å². The number of ether oxygens (including phenoxy) is 1. The molecule has 1 aliphatic rings. The summed E-state index contributed by atoms with van der Waals surface area (Å²) in [6.07, 6.45) is 2.84. The molecule has 0 amide bonds. The van der Waals surface area contributed by atoms with E-state index in [1.807, 2.05) is 12.1 Å². The minimum atomic E-state index is -0.536. The molecule has 0 aliphatic carbocycles. The first-order valence-electron chi connectivity index (χ1n) is 7.38. The predicted molar refractivity (Wildman–Crippen MR) is 79.0 cm³/mol. The molecule has 0 spiro atoms. The normalized spacial score (nSPS) is 21.0. The van der Waals surface area contributed by atoms with Gasteiger partial charge in [-0.05, 0) is 49.4 Å². The van der Waals surface area contributed by atoms with E-state index < -0.39 is 6.04 Å². The zero-order valence-electron chi connectivity index (χ0n) is 12.4. The van der Waals surface area contributed by atoms with E-state index in [0.29, 0.717) is 12.3 Å². The number of carbonyl (C=O) groups is 1. The predicted octanol–water partition coefficient (Wildman–Crippen LogP) is 1.93. The summed E-state index contributed by atoms with van der Waals surface area (Å²) in [6, 6.07) is 6.08. The molecule has 2 unspecified atom stereocenters. The Balaban J connectivity index is 1.85. The number of nitrogens with two attached hydrogens (primary N) is 1. The summed E-state index contributed by atoms with van der Waals surface area (Å²) in [7, 11) is 1.36. The maximum absolute atomic E-state index is 12.9. The number of hydrogen-bond donors (Lipinski definition) is 1. The van der Waals surface area contributed by atoms with E-state index in [9.17, 15) is 9.18 Å². The second-order valence-corrected chi connectivity index (χ2v) is 5.74. The molecule has 1 fully saturated rings. The number of rotatable bonds is 5. The van der Waals surface area contributed by atoms with Crippen LogP contribution in [-0.4, -0.2) is 37.1 Å². The van der Waals surface area contributed by atoms with Gasteiger partial charge in [0.15, 0.2) is 0 Å². The molecular weight excluding hydrogens is 271 g/mol. The Morgan fingerprint density at radius 3 is 2.86 bits per heavy atom. The number of likely N-dealkylation sites (tertiary alicyclic amines) is 1. The van der Waals surface area contributed by atoms with Crippen molar-refractivity contribution in [2.45, 2.75) is 31.8 Å². The molecule has 0 radical (unpaired) electrons. The molecular formula is C16H23FN2O2. The van der Waals surface area contributed by atoms with E-state index in [1.54, 1.807) is 0 Å². The Morgan fingerprint density at radius 2 is 2.19 bits per heavy atom. The van der Waals surface area contributed by atoms with Crippen LogP contribution in [0.1, 0.15) is 24.8 Å². The van der Waals surface area contributed by atoms with Gasteiger partial charge in [0.05, 0.1) is 7.11 Å². The van der Waals surface area contributed by atoms with Gasteiger partial charge in [-0.15, -0.1) is 0 Å². The molecule has 21 heavy (non-hydrogen) atoms. The van der Waals surface area contributed by atoms with Gasteiger partial charge in [-0.3, -0.25) is 9.69 Å². The van der Waals surface area contributed by atoms with Crippen LogP contribution in [0.5, 0.6) is 0 Å². The minimum Gasteiger partial charge on any atom is -0.468 e. The van der Waals surface area contributed by atoms with Crippen LogP contribution in [-0.2, 0) is 16.1 Å². The zero-order valence-corrected chi connectivity index (χ0v) is 12.4. The first-order chi connectivity index (χ1) is 10.1. The summed E-state index contributed by atoms with van der Waals surface area (Å²) in [5, 5.41) is 0. The highest BCUT2D eigenvalue weighted by Gasteiger charge is 2.25. The van der Waals surface area contributed by atoms with Gasteiger partial charge in [0, 0.05) is 13.1 Å². The van der Waals surface area contributed by atoms with Crippen LogP contribution < -0.4 is 5.73 Å². The van der Waals surface area contributed by atoms with Crippen LogP contribution in [0.15, 0.2) is 24.3 Å². The summed E-state index contributed by atoms with van der Waals surface area (Å²) in [5.41, 5.74) is 6.94. The fourth-order valence-electron chi connectivity index (χ4n) is 2.94. The van der Waals surface area contributed by atoms with Crippen molar-refractivity contribution in [1.29, 1.82) is 0 Å². The molecule has 1 aromatic rings. The second-order valence-electron chi connectivity index (χ2n) is 5.74. The van der Waals surface area contributed by atoms with E-state index in [-0.39, 0.29) is 11.8 Å². The average molecular weight is 294 g/mol. The van der Waals surface area contributed by atoms with Crippen molar-refractivity contribution in [3.63, 3.8) is 0 Å². The van der Waals surface area contributed by atoms with Gasteiger partial charge in [0.1, 0.15) is 11.9 Å². The number of hydrogen-bond acceptors (Lipinski definition) is 4. The number of piperidine rings is 1. The van der Waals surface area contributed by atoms with Gasteiger partial charge in [0.2, 0.25) is 0 Å². The lowest BCUT2D eigenvalue weighted by atomic mass is 9.91. The van der Waals surface area contributed by atoms with Gasteiger partial charge in [-0.2, -0.15) is 0 Å². The number of methoxy groups -OCH3 is 1. The summed E-state index contributed by atoms with van der Waals surface area (Å²) < 4.78 is 17.6. The van der Waals surface area contributed by atoms with Gasteiger partial charge in [0.25, 0.3) is 0 Å². The first kappa shape index (κ1) is 15.9. The van der Waals surface area contributed by atoms with Crippen LogP contribution in [0.3, 0.4) is 0 Å². The third kappa shape index (κ3) is 4.79. The quantitative estimate of drug-likeness (QED) is 0.843. The molecule has 2 N–H and O–H groups in total. The molecule has 1 aliphatic heterocycles. The number of halogens is 1. The van der Waals surface area contributed by atoms with Crippen LogP contribution in [0.4, 0.5) is 4.39 Å². The van der Waals surface area contributed by atoms with Crippen LogP contribution in [0.2, 0.25) is 0 Å². The first-order valence-corrected chi connectivity index (χ1v) is 7.38. The third-order valence-electron chi connectivity index (χ3n) is 4.01. The highest BCUT2D eigenvalue weighted by Crippen LogP contribution is 2.22. The van der Waals surface area contributed by atoms with Crippen molar-refractivity contribution in [2.24, 2.45) is 11.7 Å². The number of esters is 1. The Bertz CT molecular complexity index is 464. The van der Waals surface area contributed by atoms with E-state index in [1.165, 1.54) is 19.2 Å². The van der Waals surface area contributed by atoms with Crippen LogP contribution in [0, 0.1) is 11.7 Å². The summed E-state index contributed by atoms with van der Waals surface area (Å²) in [5.74, 6) is -0.140. The zero-order chi connectivity index (χ0) is 15.2. The lowest BCUT2D eigenvalue weighted by molar-refractivity contribution is -0.142. The van der Waals surface area contributed by atoms with Gasteiger partial charge >= 0.3 is 5.97 Å². The SMILES string of the molecule is COC(=O)C(N)CC1CCCN(Cc2ccc(F)cc2)C1. The van der Waals surface area contributed by atoms with Crippen molar-refractivity contribution >= 4 is 5.97 Å². The lowest BCUT2D eigenvalue weighted by Crippen LogP contribution is -2.40. The molecule has 4 nitrogen and oxygen atoms in total. The molecule has 0 saturated carbocycles. The van der Waals surface area contributed by atoms with E-state index in [2.05, 4.69) is 9.64 Å². The van der Waals surface area contributed by atoms with Crippen molar-refractivity contribution in [3.8, 4) is 0 Å². The molecule has 116 valence electrons. The Labute approximate surface area is 125 Å². The third-order valence-corrected chi connectivity index (χ3v) is 4.01. The summed E-state index contributed by atoms with van der Waals surface area (Å²) >= 11 is 0. The second kappa shape index (κ2) is 7.52. The maximum atomic E-state index is 12.9. The fourth-order valence-corrected chi connectivity index (χ4v) is 2.94. The highest BCUT2D eigenvalue weighted by atomic mass is 19.1. The molecule has 0 bridgehead atoms. The number of carbonyl (C=O) groups excluding carboxylic acids is 1. The molecule has 1 heterocycles. The maximum Gasteiger partial charge on any atom is 0.322 e. The van der Waals surface area contributed by atoms with Crippen molar-refractivity contribution in [2.75, 3.05) is 20.2 Å². The largest absolute Gasteiger partial charge is 0.468 e. The monoisotopic (exact) mass is 294 g/mol. The molecule has 2 rings (SSSR count). The molecule has 0 aromatic heterocycles. The van der Waals surface area contributed by atoms with Gasteiger partial charge in [-0.1, -0.05) is 12.1 Å². The molecule has 5 heteroatoms. The average Bonchev–Trinajstić information content (AvgIpc) is 2.49. The topological polar surface area (TPSA) is 55.6 Å².